The second-order valence-electron chi connectivity index (χ2n) is 3.67. The summed E-state index contributed by atoms with van der Waals surface area (Å²) >= 11 is 0. The Morgan fingerprint density at radius 1 is 1.30 bits per heavy atom. The average molecular weight is 138 g/mol. The van der Waals surface area contributed by atoms with E-state index in [1.54, 1.807) is 0 Å². The van der Waals surface area contributed by atoms with E-state index in [9.17, 15) is 5.11 Å². The number of aliphatic hydroxyl groups excluding tert-OH is 1. The minimum absolute atomic E-state index is 0.137. The van der Waals surface area contributed by atoms with Crippen LogP contribution in [0.1, 0.15) is 19.8 Å². The van der Waals surface area contributed by atoms with Crippen LogP contribution >= 0.6 is 0 Å². The summed E-state index contributed by atoms with van der Waals surface area (Å²) in [6.07, 6.45) is 6.61. The van der Waals surface area contributed by atoms with Gasteiger partial charge in [0.15, 0.2) is 0 Å². The van der Waals surface area contributed by atoms with E-state index < -0.39 is 0 Å². The van der Waals surface area contributed by atoms with Gasteiger partial charge in [0.2, 0.25) is 0 Å². The molecular weight excluding hydrogens is 124 g/mol. The molecule has 0 aromatic carbocycles. The van der Waals surface area contributed by atoms with Crippen LogP contribution in [0, 0.1) is 17.8 Å². The minimum atomic E-state index is -0.137. The Balaban J connectivity index is 2.17. The van der Waals surface area contributed by atoms with E-state index in [2.05, 4.69) is 13.0 Å². The molecule has 1 nitrogen and oxygen atoms in total. The number of allylic oxidation sites excluding steroid dienone is 1. The molecule has 0 unspecified atom stereocenters. The smallest absolute Gasteiger partial charge is 0.0757 e. The van der Waals surface area contributed by atoms with Crippen molar-refractivity contribution in [2.75, 3.05) is 0 Å². The van der Waals surface area contributed by atoms with Gasteiger partial charge in [0.25, 0.3) is 0 Å². The largest absolute Gasteiger partial charge is 0.389 e. The fourth-order valence-electron chi connectivity index (χ4n) is 2.46. The van der Waals surface area contributed by atoms with Crippen molar-refractivity contribution in [2.45, 2.75) is 25.9 Å². The molecule has 1 saturated carbocycles. The van der Waals surface area contributed by atoms with Gasteiger partial charge >= 0.3 is 0 Å². The molecule has 0 bridgehead atoms. The van der Waals surface area contributed by atoms with Crippen LogP contribution in [-0.4, -0.2) is 11.2 Å². The lowest BCUT2D eigenvalue weighted by molar-refractivity contribution is 0.129. The number of rotatable bonds is 0. The first kappa shape index (κ1) is 6.41. The maximum atomic E-state index is 9.48. The fourth-order valence-corrected chi connectivity index (χ4v) is 2.46. The van der Waals surface area contributed by atoms with Crippen LogP contribution in [0.25, 0.3) is 0 Å². The molecule has 0 aliphatic heterocycles. The van der Waals surface area contributed by atoms with Gasteiger partial charge in [-0.15, -0.1) is 0 Å². The van der Waals surface area contributed by atoms with E-state index in [1.165, 1.54) is 12.8 Å². The van der Waals surface area contributed by atoms with Gasteiger partial charge in [-0.25, -0.2) is 0 Å². The molecule has 0 amide bonds. The number of hydrogen-bond donors (Lipinski definition) is 1. The van der Waals surface area contributed by atoms with Crippen LogP contribution in [0.15, 0.2) is 12.2 Å². The fraction of sp³-hybridized carbons (Fsp3) is 0.778. The summed E-state index contributed by atoms with van der Waals surface area (Å²) in [7, 11) is 0. The standard InChI is InChI=1S/C9H14O/c1-6-2-3-7-4-5-8(10)9(6)7/h4-10H,2-3H2,1H3/t6-,7+,8+,9+/m0/s1. The van der Waals surface area contributed by atoms with Crippen LogP contribution < -0.4 is 0 Å². The molecule has 2 aliphatic carbocycles. The van der Waals surface area contributed by atoms with Gasteiger partial charge in [0, 0.05) is 0 Å². The zero-order valence-corrected chi connectivity index (χ0v) is 6.33. The van der Waals surface area contributed by atoms with E-state index in [-0.39, 0.29) is 6.10 Å². The van der Waals surface area contributed by atoms with Gasteiger partial charge in [0.05, 0.1) is 6.10 Å². The Morgan fingerprint density at radius 3 is 2.80 bits per heavy atom. The van der Waals surface area contributed by atoms with Crippen LogP contribution in [0.2, 0.25) is 0 Å². The molecule has 0 aromatic rings. The topological polar surface area (TPSA) is 20.2 Å². The lowest BCUT2D eigenvalue weighted by Gasteiger charge is -2.17. The normalized spacial score (nSPS) is 51.8. The quantitative estimate of drug-likeness (QED) is 0.504. The molecule has 2 aliphatic rings. The molecular formula is C9H14O. The first-order valence-electron chi connectivity index (χ1n) is 4.15. The van der Waals surface area contributed by atoms with E-state index in [0.717, 1.165) is 5.92 Å². The molecule has 1 heteroatoms. The summed E-state index contributed by atoms with van der Waals surface area (Å²) in [6.45, 7) is 2.25. The summed E-state index contributed by atoms with van der Waals surface area (Å²) in [5, 5.41) is 9.48. The lowest BCUT2D eigenvalue weighted by atomic mass is 9.91. The molecule has 1 fully saturated rings. The molecule has 0 saturated heterocycles. The number of hydrogen-bond acceptors (Lipinski definition) is 1. The minimum Gasteiger partial charge on any atom is -0.389 e. The van der Waals surface area contributed by atoms with Crippen LogP contribution in [0.4, 0.5) is 0 Å². The predicted octanol–water partition coefficient (Wildman–Crippen LogP) is 1.58. The van der Waals surface area contributed by atoms with Crippen LogP contribution in [-0.2, 0) is 0 Å². The van der Waals surface area contributed by atoms with Crippen molar-refractivity contribution in [3.05, 3.63) is 12.2 Å². The molecule has 1 N–H and O–H groups in total. The Morgan fingerprint density at radius 2 is 2.10 bits per heavy atom. The molecule has 0 heterocycles. The van der Waals surface area contributed by atoms with Gasteiger partial charge in [-0.05, 0) is 30.6 Å². The zero-order chi connectivity index (χ0) is 7.14. The summed E-state index contributed by atoms with van der Waals surface area (Å²) < 4.78 is 0. The highest BCUT2D eigenvalue weighted by molar-refractivity contribution is 5.11. The van der Waals surface area contributed by atoms with Crippen molar-refractivity contribution in [1.29, 1.82) is 0 Å². The summed E-state index contributed by atoms with van der Waals surface area (Å²) in [5.74, 6) is 1.99. The molecule has 2 rings (SSSR count). The van der Waals surface area contributed by atoms with Gasteiger partial charge in [0.1, 0.15) is 0 Å². The molecule has 4 atom stereocenters. The predicted molar refractivity (Wildman–Crippen MR) is 40.5 cm³/mol. The average Bonchev–Trinajstić information content (AvgIpc) is 2.40. The summed E-state index contributed by atoms with van der Waals surface area (Å²) in [5.41, 5.74) is 0. The Hall–Kier alpha value is -0.300. The molecule has 0 spiro atoms. The lowest BCUT2D eigenvalue weighted by Crippen LogP contribution is -2.20. The maximum absolute atomic E-state index is 9.48. The van der Waals surface area contributed by atoms with E-state index in [1.807, 2.05) is 6.08 Å². The highest BCUT2D eigenvalue weighted by Crippen LogP contribution is 2.43. The highest BCUT2D eigenvalue weighted by Gasteiger charge is 2.38. The Labute approximate surface area is 61.8 Å². The summed E-state index contributed by atoms with van der Waals surface area (Å²) in [4.78, 5) is 0. The number of aliphatic hydroxyl groups is 1. The van der Waals surface area contributed by atoms with Crippen molar-refractivity contribution in [3.8, 4) is 0 Å². The van der Waals surface area contributed by atoms with E-state index in [0.29, 0.717) is 11.8 Å². The zero-order valence-electron chi connectivity index (χ0n) is 6.33. The van der Waals surface area contributed by atoms with Crippen molar-refractivity contribution >= 4 is 0 Å². The van der Waals surface area contributed by atoms with Crippen LogP contribution in [0.3, 0.4) is 0 Å². The second kappa shape index (κ2) is 2.09. The third-order valence-corrected chi connectivity index (χ3v) is 3.06. The van der Waals surface area contributed by atoms with Gasteiger partial charge < -0.3 is 5.11 Å². The first-order valence-corrected chi connectivity index (χ1v) is 4.15. The van der Waals surface area contributed by atoms with E-state index in [4.69, 9.17) is 0 Å². The van der Waals surface area contributed by atoms with E-state index >= 15 is 0 Å². The first-order chi connectivity index (χ1) is 4.79. The Bertz CT molecular complexity index is 162. The van der Waals surface area contributed by atoms with Gasteiger partial charge in [-0.2, -0.15) is 0 Å². The number of fused-ring (bicyclic) bond motifs is 1. The van der Waals surface area contributed by atoms with Crippen molar-refractivity contribution in [3.63, 3.8) is 0 Å². The third kappa shape index (κ3) is 0.734. The molecule has 56 valence electrons. The van der Waals surface area contributed by atoms with Gasteiger partial charge in [-0.3, -0.25) is 0 Å². The van der Waals surface area contributed by atoms with Crippen LogP contribution in [0.5, 0.6) is 0 Å². The van der Waals surface area contributed by atoms with Crippen molar-refractivity contribution in [2.24, 2.45) is 17.8 Å². The van der Waals surface area contributed by atoms with Gasteiger partial charge in [-0.1, -0.05) is 19.1 Å². The second-order valence-corrected chi connectivity index (χ2v) is 3.67. The molecule has 0 aromatic heterocycles. The molecule has 10 heavy (non-hydrogen) atoms. The van der Waals surface area contributed by atoms with Crippen molar-refractivity contribution in [1.82, 2.24) is 0 Å². The SMILES string of the molecule is C[C@H]1CC[C@@H]2C=C[C@@H](O)[C@H]12. The Kier molecular flexibility index (Phi) is 1.34. The van der Waals surface area contributed by atoms with Crippen molar-refractivity contribution < 1.29 is 5.11 Å². The maximum Gasteiger partial charge on any atom is 0.0757 e. The summed E-state index contributed by atoms with van der Waals surface area (Å²) in [6, 6.07) is 0. The highest BCUT2D eigenvalue weighted by atomic mass is 16.3. The third-order valence-electron chi connectivity index (χ3n) is 3.06. The molecule has 0 radical (unpaired) electrons. The monoisotopic (exact) mass is 138 g/mol.